The van der Waals surface area contributed by atoms with Crippen LogP contribution in [0.4, 0.5) is 0 Å². The van der Waals surface area contributed by atoms with Crippen molar-refractivity contribution < 1.29 is 0 Å². The van der Waals surface area contributed by atoms with Crippen molar-refractivity contribution in [2.75, 3.05) is 0 Å². The predicted molar refractivity (Wildman–Crippen MR) is 64.2 cm³/mol. The first-order valence-corrected chi connectivity index (χ1v) is 4.04. The van der Waals surface area contributed by atoms with Gasteiger partial charge in [-0.15, -0.1) is 24.0 Å². The van der Waals surface area contributed by atoms with E-state index in [-0.39, 0.29) is 24.0 Å². The average Bonchev–Trinajstić information content (AvgIpc) is 2.34. The number of hydrogen-bond acceptors (Lipinski definition) is 1. The average molecular weight is 372 g/mol. The van der Waals surface area contributed by atoms with Crippen LogP contribution in [-0.2, 0) is 0 Å². The lowest BCUT2D eigenvalue weighted by molar-refractivity contribution is 1.09. The van der Waals surface area contributed by atoms with Gasteiger partial charge in [0.1, 0.15) is 3.70 Å². The van der Waals surface area contributed by atoms with E-state index in [1.54, 1.807) is 0 Å². The standard InChI is InChI=1S/C7H5IN2.HI/c8-7-5-3-1-2-4-6(5)9-10-7;/h1-4H,(H,9,10);1H. The fourth-order valence-electron chi connectivity index (χ4n) is 0.926. The zero-order valence-corrected chi connectivity index (χ0v) is 10.0. The lowest BCUT2D eigenvalue weighted by Gasteiger charge is -1.83. The first kappa shape index (κ1) is 9.24. The molecule has 0 unspecified atom stereocenters. The monoisotopic (exact) mass is 372 g/mol. The van der Waals surface area contributed by atoms with Crippen molar-refractivity contribution in [1.29, 1.82) is 0 Å². The van der Waals surface area contributed by atoms with E-state index < -0.39 is 0 Å². The van der Waals surface area contributed by atoms with Crippen LogP contribution in [0.3, 0.4) is 0 Å². The Balaban J connectivity index is 0.000000605. The van der Waals surface area contributed by atoms with Gasteiger partial charge in [0.2, 0.25) is 0 Å². The molecular formula is C7H6I2N2. The molecule has 0 atom stereocenters. The highest BCUT2D eigenvalue weighted by atomic mass is 127. The molecule has 0 fully saturated rings. The third-order valence-electron chi connectivity index (χ3n) is 1.42. The van der Waals surface area contributed by atoms with Crippen LogP contribution in [0.1, 0.15) is 0 Å². The Kier molecular flexibility index (Phi) is 3.11. The van der Waals surface area contributed by atoms with Crippen LogP contribution in [0.5, 0.6) is 0 Å². The quantitative estimate of drug-likeness (QED) is 0.709. The third-order valence-corrected chi connectivity index (χ3v) is 2.24. The number of rotatable bonds is 0. The van der Waals surface area contributed by atoms with Gasteiger partial charge < -0.3 is 0 Å². The molecule has 1 N–H and O–H groups in total. The van der Waals surface area contributed by atoms with Gasteiger partial charge in [0.25, 0.3) is 0 Å². The van der Waals surface area contributed by atoms with Gasteiger partial charge in [-0.3, -0.25) is 5.10 Å². The van der Waals surface area contributed by atoms with E-state index in [1.807, 2.05) is 18.2 Å². The molecule has 2 rings (SSSR count). The Bertz CT molecular complexity index is 356. The summed E-state index contributed by atoms with van der Waals surface area (Å²) in [4.78, 5) is 0. The summed E-state index contributed by atoms with van der Waals surface area (Å²) in [6.45, 7) is 0. The first-order chi connectivity index (χ1) is 4.88. The molecule has 1 aromatic heterocycles. The molecule has 0 amide bonds. The van der Waals surface area contributed by atoms with E-state index >= 15 is 0 Å². The number of benzene rings is 1. The van der Waals surface area contributed by atoms with E-state index in [0.717, 1.165) is 9.22 Å². The fraction of sp³-hybridized carbons (Fsp3) is 0. The Hall–Kier alpha value is 0.150. The summed E-state index contributed by atoms with van der Waals surface area (Å²) in [7, 11) is 0. The molecule has 0 spiro atoms. The van der Waals surface area contributed by atoms with Gasteiger partial charge in [-0.2, -0.15) is 5.10 Å². The summed E-state index contributed by atoms with van der Waals surface area (Å²) in [6.07, 6.45) is 0. The zero-order chi connectivity index (χ0) is 6.97. The Morgan fingerprint density at radius 2 is 2.00 bits per heavy atom. The molecular weight excluding hydrogens is 366 g/mol. The number of aromatic amines is 1. The molecule has 2 nitrogen and oxygen atoms in total. The van der Waals surface area contributed by atoms with Crippen molar-refractivity contribution in [2.45, 2.75) is 0 Å². The number of aromatic nitrogens is 2. The molecule has 11 heavy (non-hydrogen) atoms. The summed E-state index contributed by atoms with van der Waals surface area (Å²) in [5.41, 5.74) is 1.03. The second kappa shape index (κ2) is 3.70. The Labute approximate surface area is 94.9 Å². The minimum absolute atomic E-state index is 0. The second-order valence-corrected chi connectivity index (χ2v) is 3.13. The SMILES string of the molecule is I.Ic1[nH]nc2ccccc12. The summed E-state index contributed by atoms with van der Waals surface area (Å²) in [5, 5.41) is 8.20. The van der Waals surface area contributed by atoms with Crippen molar-refractivity contribution in [1.82, 2.24) is 10.2 Å². The number of hydrogen-bond donors (Lipinski definition) is 1. The molecule has 1 heterocycles. The molecule has 2 aromatic rings. The van der Waals surface area contributed by atoms with Crippen molar-refractivity contribution >= 4 is 57.5 Å². The molecule has 0 saturated carbocycles. The summed E-state index contributed by atoms with van der Waals surface area (Å²) < 4.78 is 1.10. The maximum Gasteiger partial charge on any atom is 0.104 e. The van der Waals surface area contributed by atoms with Gasteiger partial charge >= 0.3 is 0 Å². The minimum Gasteiger partial charge on any atom is -0.271 e. The molecule has 1 aromatic carbocycles. The van der Waals surface area contributed by atoms with Crippen LogP contribution in [0.15, 0.2) is 24.3 Å². The van der Waals surface area contributed by atoms with Crippen molar-refractivity contribution in [3.05, 3.63) is 28.0 Å². The highest BCUT2D eigenvalue weighted by Gasteiger charge is 1.97. The summed E-state index contributed by atoms with van der Waals surface area (Å²) in [5.74, 6) is 0. The van der Waals surface area contributed by atoms with Crippen molar-refractivity contribution in [3.8, 4) is 0 Å². The topological polar surface area (TPSA) is 28.7 Å². The van der Waals surface area contributed by atoms with E-state index in [9.17, 15) is 0 Å². The fourth-order valence-corrected chi connectivity index (χ4v) is 1.50. The maximum absolute atomic E-state index is 4.09. The minimum atomic E-state index is 0. The number of nitrogens with zero attached hydrogens (tertiary/aromatic N) is 1. The number of para-hydroxylation sites is 1. The Morgan fingerprint density at radius 1 is 1.27 bits per heavy atom. The first-order valence-electron chi connectivity index (χ1n) is 2.96. The summed E-state index contributed by atoms with van der Waals surface area (Å²) >= 11 is 2.24. The van der Waals surface area contributed by atoms with Crippen LogP contribution in [0.2, 0.25) is 0 Å². The second-order valence-electron chi connectivity index (χ2n) is 2.05. The van der Waals surface area contributed by atoms with Crippen molar-refractivity contribution in [3.63, 3.8) is 0 Å². The van der Waals surface area contributed by atoms with E-state index in [4.69, 9.17) is 0 Å². The molecule has 0 aliphatic carbocycles. The van der Waals surface area contributed by atoms with Gasteiger partial charge in [0.05, 0.1) is 5.52 Å². The number of halogens is 2. The van der Waals surface area contributed by atoms with Gasteiger partial charge in [-0.25, -0.2) is 0 Å². The van der Waals surface area contributed by atoms with E-state index in [2.05, 4.69) is 38.9 Å². The normalized spacial score (nSPS) is 9.55. The van der Waals surface area contributed by atoms with Crippen LogP contribution in [0.25, 0.3) is 10.9 Å². The molecule has 0 aliphatic heterocycles. The molecule has 0 radical (unpaired) electrons. The van der Waals surface area contributed by atoms with Crippen LogP contribution < -0.4 is 0 Å². The highest BCUT2D eigenvalue weighted by molar-refractivity contribution is 14.1. The van der Waals surface area contributed by atoms with Gasteiger partial charge in [-0.05, 0) is 28.7 Å². The van der Waals surface area contributed by atoms with Gasteiger partial charge in [-0.1, -0.05) is 18.2 Å². The highest BCUT2D eigenvalue weighted by Crippen LogP contribution is 2.15. The molecule has 0 aliphatic rings. The van der Waals surface area contributed by atoms with Gasteiger partial charge in [0, 0.05) is 5.39 Å². The molecule has 0 saturated heterocycles. The van der Waals surface area contributed by atoms with Crippen LogP contribution in [0, 0.1) is 3.70 Å². The van der Waals surface area contributed by atoms with E-state index in [1.165, 1.54) is 5.39 Å². The Morgan fingerprint density at radius 3 is 2.73 bits per heavy atom. The largest absolute Gasteiger partial charge is 0.271 e. The summed E-state index contributed by atoms with van der Waals surface area (Å²) in [6, 6.07) is 8.05. The number of H-pyrrole nitrogens is 1. The number of nitrogens with one attached hydrogen (secondary N) is 1. The lowest BCUT2D eigenvalue weighted by Crippen LogP contribution is -1.66. The molecule has 58 valence electrons. The molecule has 4 heteroatoms. The zero-order valence-electron chi connectivity index (χ0n) is 5.54. The van der Waals surface area contributed by atoms with Crippen LogP contribution in [-0.4, -0.2) is 10.2 Å². The van der Waals surface area contributed by atoms with Crippen LogP contribution >= 0.6 is 46.6 Å². The smallest absolute Gasteiger partial charge is 0.104 e. The maximum atomic E-state index is 4.09. The van der Waals surface area contributed by atoms with Crippen molar-refractivity contribution in [2.24, 2.45) is 0 Å². The van der Waals surface area contributed by atoms with E-state index in [0.29, 0.717) is 0 Å². The third kappa shape index (κ3) is 1.66. The molecule has 0 bridgehead atoms. The van der Waals surface area contributed by atoms with Gasteiger partial charge in [0.15, 0.2) is 0 Å². The lowest BCUT2D eigenvalue weighted by atomic mass is 10.3. The predicted octanol–water partition coefficient (Wildman–Crippen LogP) is 2.79. The number of fused-ring (bicyclic) bond motifs is 1.